The number of hydrogen-bond donors (Lipinski definition) is 1. The van der Waals surface area contributed by atoms with Gasteiger partial charge >= 0.3 is 12.1 Å². The second kappa shape index (κ2) is 6.80. The van der Waals surface area contributed by atoms with Crippen LogP contribution >= 0.6 is 11.6 Å². The molecule has 0 radical (unpaired) electrons. The Labute approximate surface area is 154 Å². The lowest BCUT2D eigenvalue weighted by Crippen LogP contribution is -2.32. The summed E-state index contributed by atoms with van der Waals surface area (Å²) in [6.07, 6.45) is 1.60. The molecular weight excluding hydrogens is 354 g/mol. The minimum Gasteiger partial charge on any atom is -0.375 e. The van der Waals surface area contributed by atoms with E-state index in [-0.39, 0.29) is 11.4 Å². The van der Waals surface area contributed by atoms with Crippen LogP contribution in [0.3, 0.4) is 0 Å². The van der Waals surface area contributed by atoms with E-state index >= 15 is 0 Å². The van der Waals surface area contributed by atoms with Gasteiger partial charge in [-0.3, -0.25) is 4.79 Å². The molecule has 2 aromatic carbocycles. The zero-order chi connectivity index (χ0) is 18.1. The van der Waals surface area contributed by atoms with E-state index in [0.29, 0.717) is 28.7 Å². The second-order valence-electron chi connectivity index (χ2n) is 6.22. The van der Waals surface area contributed by atoms with Crippen LogP contribution in [0.25, 0.3) is 16.6 Å². The predicted molar refractivity (Wildman–Crippen MR) is 99.1 cm³/mol. The number of amides is 1. The lowest BCUT2D eigenvalue weighted by molar-refractivity contribution is 0.194. The van der Waals surface area contributed by atoms with Crippen LogP contribution in [-0.4, -0.2) is 22.2 Å². The third-order valence-corrected chi connectivity index (χ3v) is 4.56. The summed E-state index contributed by atoms with van der Waals surface area (Å²) < 4.78 is 6.62. The maximum absolute atomic E-state index is 13.1. The largest absolute Gasteiger partial charge is 0.415 e. The van der Waals surface area contributed by atoms with E-state index in [1.807, 2.05) is 6.07 Å². The number of nitrogens with zero attached hydrogens (tertiary/aromatic N) is 2. The van der Waals surface area contributed by atoms with Gasteiger partial charge in [0.25, 0.3) is 5.56 Å². The molecule has 1 fully saturated rings. The van der Waals surface area contributed by atoms with Crippen molar-refractivity contribution in [3.05, 3.63) is 63.9 Å². The molecule has 1 aliphatic carbocycles. The number of carbonyl (C=O) groups excluding carboxylic acids is 1. The Morgan fingerprint density at radius 1 is 1.19 bits per heavy atom. The van der Waals surface area contributed by atoms with Gasteiger partial charge in [0.15, 0.2) is 0 Å². The number of fused-ring (bicyclic) bond motifs is 1. The second-order valence-corrected chi connectivity index (χ2v) is 6.63. The number of benzene rings is 2. The van der Waals surface area contributed by atoms with Crippen molar-refractivity contribution in [1.29, 1.82) is 0 Å². The molecule has 0 unspecified atom stereocenters. The molecule has 1 heterocycles. The summed E-state index contributed by atoms with van der Waals surface area (Å²) in [5.41, 5.74) is 0.522. The van der Waals surface area contributed by atoms with E-state index in [1.165, 1.54) is 4.57 Å². The van der Waals surface area contributed by atoms with Gasteiger partial charge in [0.1, 0.15) is 0 Å². The van der Waals surface area contributed by atoms with Crippen molar-refractivity contribution in [2.24, 2.45) is 5.92 Å². The van der Waals surface area contributed by atoms with E-state index in [1.54, 1.807) is 42.5 Å². The van der Waals surface area contributed by atoms with Gasteiger partial charge in [0, 0.05) is 6.54 Å². The highest BCUT2D eigenvalue weighted by Gasteiger charge is 2.23. The molecule has 0 aliphatic heterocycles. The molecule has 3 aromatic rings. The maximum Gasteiger partial charge on any atom is 0.415 e. The molecule has 0 spiro atoms. The molecule has 7 heteroatoms. The molecule has 1 saturated carbocycles. The lowest BCUT2D eigenvalue weighted by atomic mass is 10.2. The van der Waals surface area contributed by atoms with Crippen molar-refractivity contribution in [3.8, 4) is 11.7 Å². The molecule has 1 N–H and O–H groups in total. The van der Waals surface area contributed by atoms with E-state index < -0.39 is 11.7 Å². The fourth-order valence-electron chi connectivity index (χ4n) is 2.71. The smallest absolute Gasteiger partial charge is 0.375 e. The van der Waals surface area contributed by atoms with Gasteiger partial charge in [-0.15, -0.1) is 0 Å². The van der Waals surface area contributed by atoms with Gasteiger partial charge in [-0.25, -0.2) is 9.36 Å². The van der Waals surface area contributed by atoms with Crippen molar-refractivity contribution >= 4 is 28.6 Å². The summed E-state index contributed by atoms with van der Waals surface area (Å²) in [7, 11) is 0. The molecule has 0 bridgehead atoms. The van der Waals surface area contributed by atoms with E-state index in [9.17, 15) is 9.59 Å². The first-order chi connectivity index (χ1) is 12.6. The topological polar surface area (TPSA) is 73.2 Å². The van der Waals surface area contributed by atoms with Crippen molar-refractivity contribution in [2.45, 2.75) is 12.8 Å². The highest BCUT2D eigenvalue weighted by atomic mass is 35.5. The first-order valence-electron chi connectivity index (χ1n) is 8.36. The zero-order valence-corrected chi connectivity index (χ0v) is 14.6. The van der Waals surface area contributed by atoms with Crippen molar-refractivity contribution in [1.82, 2.24) is 14.9 Å². The van der Waals surface area contributed by atoms with Crippen LogP contribution in [-0.2, 0) is 0 Å². The first-order valence-corrected chi connectivity index (χ1v) is 8.73. The minimum absolute atomic E-state index is 0.0933. The summed E-state index contributed by atoms with van der Waals surface area (Å²) >= 11 is 6.20. The zero-order valence-electron chi connectivity index (χ0n) is 13.8. The number of nitrogens with one attached hydrogen (secondary N) is 1. The molecule has 1 aliphatic rings. The van der Waals surface area contributed by atoms with Gasteiger partial charge in [0.2, 0.25) is 0 Å². The van der Waals surface area contributed by atoms with Crippen LogP contribution in [0.4, 0.5) is 4.79 Å². The number of halogens is 1. The monoisotopic (exact) mass is 369 g/mol. The molecule has 26 heavy (non-hydrogen) atoms. The summed E-state index contributed by atoms with van der Waals surface area (Å²) in [4.78, 5) is 29.5. The first kappa shape index (κ1) is 16.6. The SMILES string of the molecule is O=C(NCC1CC1)Oc1nc2cccc(Cl)c2c(=O)n1-c1ccccc1. The van der Waals surface area contributed by atoms with Gasteiger partial charge in [-0.2, -0.15) is 4.98 Å². The quantitative estimate of drug-likeness (QED) is 0.763. The van der Waals surface area contributed by atoms with Crippen LogP contribution < -0.4 is 15.6 Å². The standard InChI is InChI=1S/C19H16ClN3O3/c20-14-7-4-8-15-16(14)17(24)23(13-5-2-1-3-6-13)18(22-15)26-19(25)21-11-12-9-10-12/h1-8,12H,9-11H2,(H,21,25). The van der Waals surface area contributed by atoms with Crippen LogP contribution in [0, 0.1) is 5.92 Å². The lowest BCUT2D eigenvalue weighted by Gasteiger charge is -2.13. The van der Waals surface area contributed by atoms with E-state index in [4.69, 9.17) is 16.3 Å². The molecule has 0 saturated heterocycles. The number of hydrogen-bond acceptors (Lipinski definition) is 4. The Kier molecular flexibility index (Phi) is 4.34. The predicted octanol–water partition coefficient (Wildman–Crippen LogP) is 3.54. The molecule has 4 rings (SSSR count). The number of para-hydroxylation sites is 1. The average Bonchev–Trinajstić information content (AvgIpc) is 3.45. The van der Waals surface area contributed by atoms with Gasteiger partial charge in [-0.1, -0.05) is 35.9 Å². The Morgan fingerprint density at radius 2 is 1.96 bits per heavy atom. The highest BCUT2D eigenvalue weighted by Crippen LogP contribution is 2.27. The average molecular weight is 370 g/mol. The summed E-state index contributed by atoms with van der Waals surface area (Å²) in [5, 5.41) is 3.29. The summed E-state index contributed by atoms with van der Waals surface area (Å²) in [5.74, 6) is 0.516. The Hall–Kier alpha value is -2.86. The van der Waals surface area contributed by atoms with Crippen LogP contribution in [0.5, 0.6) is 6.01 Å². The Morgan fingerprint density at radius 3 is 2.69 bits per heavy atom. The maximum atomic E-state index is 13.1. The fourth-order valence-corrected chi connectivity index (χ4v) is 2.96. The summed E-state index contributed by atoms with van der Waals surface area (Å²) in [6, 6.07) is 13.8. The molecule has 1 aromatic heterocycles. The minimum atomic E-state index is -0.630. The number of ether oxygens (including phenoxy) is 1. The van der Waals surface area contributed by atoms with Crippen LogP contribution in [0.2, 0.25) is 5.02 Å². The van der Waals surface area contributed by atoms with Gasteiger partial charge in [-0.05, 0) is 43.0 Å². The van der Waals surface area contributed by atoms with Crippen LogP contribution in [0.1, 0.15) is 12.8 Å². The number of rotatable bonds is 4. The van der Waals surface area contributed by atoms with Gasteiger partial charge < -0.3 is 10.1 Å². The number of aromatic nitrogens is 2. The van der Waals surface area contributed by atoms with Gasteiger partial charge in [0.05, 0.1) is 21.6 Å². The summed E-state index contributed by atoms with van der Waals surface area (Å²) in [6.45, 7) is 0.563. The molecule has 132 valence electrons. The van der Waals surface area contributed by atoms with Crippen molar-refractivity contribution < 1.29 is 9.53 Å². The molecular formula is C19H16ClN3O3. The van der Waals surface area contributed by atoms with Crippen molar-refractivity contribution in [3.63, 3.8) is 0 Å². The van der Waals surface area contributed by atoms with Crippen LogP contribution in [0.15, 0.2) is 53.3 Å². The fraction of sp³-hybridized carbons (Fsp3) is 0.211. The molecule has 1 amide bonds. The van der Waals surface area contributed by atoms with Crippen molar-refractivity contribution in [2.75, 3.05) is 6.54 Å². The normalized spacial score (nSPS) is 13.6. The third-order valence-electron chi connectivity index (χ3n) is 4.25. The third kappa shape index (κ3) is 3.28. The van der Waals surface area contributed by atoms with E-state index in [0.717, 1.165) is 12.8 Å². The highest BCUT2D eigenvalue weighted by molar-refractivity contribution is 6.35. The Balaban J connectivity index is 1.81. The Bertz CT molecular complexity index is 1030. The van der Waals surface area contributed by atoms with E-state index in [2.05, 4.69) is 10.3 Å². The number of carbonyl (C=O) groups is 1. The molecule has 6 nitrogen and oxygen atoms in total. The molecule has 0 atom stereocenters.